The van der Waals surface area contributed by atoms with E-state index in [2.05, 4.69) is 51.8 Å². The molecule has 1 heterocycles. The molecule has 0 fully saturated rings. The standard InChI is InChI=1S/C21H23ClN4/c1-15-4-3-5-18(12-15)14-24-20-13-16(2)25-21(26-20)23-11-10-17-6-8-19(22)9-7-17/h3-9,12-13H,10-11,14H2,1-2H3,(H2,23,24,25,26). The summed E-state index contributed by atoms with van der Waals surface area (Å²) in [6.45, 7) is 5.58. The summed E-state index contributed by atoms with van der Waals surface area (Å²) in [5.74, 6) is 1.47. The van der Waals surface area contributed by atoms with Gasteiger partial charge in [-0.3, -0.25) is 0 Å². The third-order valence-corrected chi connectivity index (χ3v) is 4.27. The maximum atomic E-state index is 5.92. The Labute approximate surface area is 159 Å². The molecule has 0 aliphatic carbocycles. The zero-order valence-corrected chi connectivity index (χ0v) is 15.8. The molecule has 1 aromatic heterocycles. The van der Waals surface area contributed by atoms with Crippen LogP contribution in [0, 0.1) is 13.8 Å². The van der Waals surface area contributed by atoms with Crippen LogP contribution in [-0.2, 0) is 13.0 Å². The van der Waals surface area contributed by atoms with Crippen molar-refractivity contribution >= 4 is 23.4 Å². The largest absolute Gasteiger partial charge is 0.366 e. The van der Waals surface area contributed by atoms with Gasteiger partial charge in [0.05, 0.1) is 0 Å². The third kappa shape index (κ3) is 5.46. The maximum absolute atomic E-state index is 5.92. The minimum Gasteiger partial charge on any atom is -0.366 e. The van der Waals surface area contributed by atoms with Crippen molar-refractivity contribution in [2.24, 2.45) is 0 Å². The Morgan fingerprint density at radius 1 is 0.885 bits per heavy atom. The molecule has 4 nitrogen and oxygen atoms in total. The molecule has 0 unspecified atom stereocenters. The first-order valence-electron chi connectivity index (χ1n) is 8.72. The van der Waals surface area contributed by atoms with Crippen LogP contribution in [0.25, 0.3) is 0 Å². The maximum Gasteiger partial charge on any atom is 0.224 e. The van der Waals surface area contributed by atoms with E-state index in [-0.39, 0.29) is 0 Å². The summed E-state index contributed by atoms with van der Waals surface area (Å²) in [5, 5.41) is 7.44. The minimum absolute atomic E-state index is 0.644. The Morgan fingerprint density at radius 2 is 1.69 bits per heavy atom. The van der Waals surface area contributed by atoms with Gasteiger partial charge in [0, 0.05) is 29.9 Å². The van der Waals surface area contributed by atoms with Crippen LogP contribution in [0.1, 0.15) is 22.4 Å². The fraction of sp³-hybridized carbons (Fsp3) is 0.238. The van der Waals surface area contributed by atoms with Gasteiger partial charge >= 0.3 is 0 Å². The third-order valence-electron chi connectivity index (χ3n) is 4.02. The molecular formula is C21H23ClN4. The highest BCUT2D eigenvalue weighted by Gasteiger charge is 2.03. The van der Waals surface area contributed by atoms with E-state index in [9.17, 15) is 0 Å². The monoisotopic (exact) mass is 366 g/mol. The SMILES string of the molecule is Cc1cccc(CNc2cc(C)nc(NCCc3ccc(Cl)cc3)n2)c1. The van der Waals surface area contributed by atoms with Gasteiger partial charge in [-0.2, -0.15) is 4.98 Å². The first-order valence-corrected chi connectivity index (χ1v) is 9.10. The molecule has 0 bridgehead atoms. The molecule has 0 atom stereocenters. The van der Waals surface area contributed by atoms with Crippen molar-refractivity contribution in [2.75, 3.05) is 17.2 Å². The highest BCUT2D eigenvalue weighted by molar-refractivity contribution is 6.30. The molecule has 0 saturated carbocycles. The molecule has 0 saturated heterocycles. The van der Waals surface area contributed by atoms with Crippen molar-refractivity contribution in [1.29, 1.82) is 0 Å². The van der Waals surface area contributed by atoms with Crippen molar-refractivity contribution in [3.8, 4) is 0 Å². The number of hydrogen-bond acceptors (Lipinski definition) is 4. The Morgan fingerprint density at radius 3 is 2.46 bits per heavy atom. The van der Waals surface area contributed by atoms with E-state index in [1.807, 2.05) is 37.3 Å². The molecule has 0 amide bonds. The van der Waals surface area contributed by atoms with Crippen LogP contribution in [0.4, 0.5) is 11.8 Å². The van der Waals surface area contributed by atoms with Gasteiger partial charge in [-0.05, 0) is 43.5 Å². The lowest BCUT2D eigenvalue weighted by Gasteiger charge is -2.10. The van der Waals surface area contributed by atoms with E-state index < -0.39 is 0 Å². The number of nitrogens with one attached hydrogen (secondary N) is 2. The minimum atomic E-state index is 0.644. The normalized spacial score (nSPS) is 10.6. The van der Waals surface area contributed by atoms with Crippen molar-refractivity contribution in [2.45, 2.75) is 26.8 Å². The van der Waals surface area contributed by atoms with Crippen molar-refractivity contribution in [1.82, 2.24) is 9.97 Å². The zero-order chi connectivity index (χ0) is 18.4. The quantitative estimate of drug-likeness (QED) is 0.616. The van der Waals surface area contributed by atoms with Crippen molar-refractivity contribution in [3.05, 3.63) is 82.0 Å². The smallest absolute Gasteiger partial charge is 0.224 e. The Hall–Kier alpha value is -2.59. The van der Waals surface area contributed by atoms with Gasteiger partial charge in [-0.25, -0.2) is 4.98 Å². The number of rotatable bonds is 7. The number of aryl methyl sites for hydroxylation is 2. The van der Waals surface area contributed by atoms with E-state index in [0.29, 0.717) is 5.95 Å². The van der Waals surface area contributed by atoms with Crippen LogP contribution >= 0.6 is 11.6 Å². The molecule has 0 spiro atoms. The van der Waals surface area contributed by atoms with E-state index in [1.54, 1.807) is 0 Å². The van der Waals surface area contributed by atoms with E-state index >= 15 is 0 Å². The van der Waals surface area contributed by atoms with E-state index in [0.717, 1.165) is 36.0 Å². The second-order valence-electron chi connectivity index (χ2n) is 6.36. The van der Waals surface area contributed by atoms with Crippen LogP contribution in [-0.4, -0.2) is 16.5 Å². The highest BCUT2D eigenvalue weighted by Crippen LogP contribution is 2.13. The van der Waals surface area contributed by atoms with Gasteiger partial charge in [0.1, 0.15) is 5.82 Å². The number of anilines is 2. The number of halogens is 1. The fourth-order valence-corrected chi connectivity index (χ4v) is 2.85. The fourth-order valence-electron chi connectivity index (χ4n) is 2.72. The van der Waals surface area contributed by atoms with Crippen LogP contribution in [0.15, 0.2) is 54.6 Å². The lowest BCUT2D eigenvalue weighted by Crippen LogP contribution is -2.10. The average molecular weight is 367 g/mol. The first-order chi connectivity index (χ1) is 12.6. The molecule has 2 N–H and O–H groups in total. The van der Waals surface area contributed by atoms with Gasteiger partial charge in [-0.15, -0.1) is 0 Å². The number of hydrogen-bond donors (Lipinski definition) is 2. The molecule has 3 rings (SSSR count). The first kappa shape index (κ1) is 18.2. The summed E-state index contributed by atoms with van der Waals surface area (Å²) in [7, 11) is 0. The summed E-state index contributed by atoms with van der Waals surface area (Å²) in [5.41, 5.74) is 4.65. The molecule has 5 heteroatoms. The van der Waals surface area contributed by atoms with Crippen LogP contribution in [0.2, 0.25) is 5.02 Å². The number of benzene rings is 2. The van der Waals surface area contributed by atoms with Crippen molar-refractivity contribution < 1.29 is 0 Å². The molecule has 0 radical (unpaired) electrons. The predicted molar refractivity (Wildman–Crippen MR) is 109 cm³/mol. The molecule has 0 aliphatic rings. The summed E-state index contributed by atoms with van der Waals surface area (Å²) >= 11 is 5.92. The van der Waals surface area contributed by atoms with E-state index in [4.69, 9.17) is 11.6 Å². The number of aromatic nitrogens is 2. The lowest BCUT2D eigenvalue weighted by molar-refractivity contribution is 0.969. The van der Waals surface area contributed by atoms with Gasteiger partial charge < -0.3 is 10.6 Å². The lowest BCUT2D eigenvalue weighted by atomic mass is 10.1. The summed E-state index contributed by atoms with van der Waals surface area (Å²) in [6.07, 6.45) is 0.889. The molecule has 134 valence electrons. The molecule has 26 heavy (non-hydrogen) atoms. The molecule has 0 aliphatic heterocycles. The zero-order valence-electron chi connectivity index (χ0n) is 15.1. The Kier molecular flexibility index (Phi) is 6.08. The van der Waals surface area contributed by atoms with Crippen LogP contribution in [0.5, 0.6) is 0 Å². The average Bonchev–Trinajstić information content (AvgIpc) is 2.61. The summed E-state index contributed by atoms with van der Waals surface area (Å²) in [6, 6.07) is 18.3. The van der Waals surface area contributed by atoms with Gasteiger partial charge in [0.2, 0.25) is 5.95 Å². The van der Waals surface area contributed by atoms with Crippen molar-refractivity contribution in [3.63, 3.8) is 0 Å². The van der Waals surface area contributed by atoms with E-state index in [1.165, 1.54) is 16.7 Å². The Bertz CT molecular complexity index is 862. The van der Waals surface area contributed by atoms with Gasteiger partial charge in [-0.1, -0.05) is 53.6 Å². The summed E-state index contributed by atoms with van der Waals surface area (Å²) in [4.78, 5) is 9.03. The topological polar surface area (TPSA) is 49.8 Å². The second-order valence-corrected chi connectivity index (χ2v) is 6.80. The van der Waals surface area contributed by atoms with Gasteiger partial charge in [0.25, 0.3) is 0 Å². The second kappa shape index (κ2) is 8.68. The summed E-state index contributed by atoms with van der Waals surface area (Å²) < 4.78 is 0. The molecular weight excluding hydrogens is 344 g/mol. The highest BCUT2D eigenvalue weighted by atomic mass is 35.5. The van der Waals surface area contributed by atoms with Gasteiger partial charge in [0.15, 0.2) is 0 Å². The Balaban J connectivity index is 1.57. The molecule has 3 aromatic rings. The van der Waals surface area contributed by atoms with Crippen LogP contribution < -0.4 is 10.6 Å². The molecule has 2 aromatic carbocycles. The predicted octanol–water partition coefficient (Wildman–Crippen LogP) is 5.01. The number of nitrogens with zero attached hydrogens (tertiary/aromatic N) is 2. The van der Waals surface area contributed by atoms with Crippen LogP contribution in [0.3, 0.4) is 0 Å².